The summed E-state index contributed by atoms with van der Waals surface area (Å²) in [6.45, 7) is 6.65. The molecule has 1 aliphatic rings. The van der Waals surface area contributed by atoms with Crippen LogP contribution >= 0.6 is 0 Å². The number of nitrogens with one attached hydrogen (secondary N) is 1. The Balaban J connectivity index is 1.76. The van der Waals surface area contributed by atoms with Crippen LogP contribution in [0.15, 0.2) is 78.5 Å². The molecule has 3 aromatic carbocycles. The summed E-state index contributed by atoms with van der Waals surface area (Å²) in [5.74, 6) is -0.123. The number of nitrogens with zero attached hydrogens (tertiary/aromatic N) is 1. The second kappa shape index (κ2) is 9.10. The van der Waals surface area contributed by atoms with Crippen molar-refractivity contribution in [3.05, 3.63) is 95.2 Å². The first-order valence-corrected chi connectivity index (χ1v) is 10.7. The average Bonchev–Trinajstić information content (AvgIpc) is 3.05. The van der Waals surface area contributed by atoms with E-state index in [2.05, 4.69) is 5.32 Å². The Kier molecular flexibility index (Phi) is 6.08. The number of carbonyl (C=O) groups excluding carboxylic acids is 2. The van der Waals surface area contributed by atoms with Crippen molar-refractivity contribution in [1.82, 2.24) is 0 Å². The van der Waals surface area contributed by atoms with Gasteiger partial charge in [-0.3, -0.25) is 9.59 Å². The van der Waals surface area contributed by atoms with Gasteiger partial charge in [0.2, 0.25) is 0 Å². The Labute approximate surface area is 188 Å². The molecule has 0 bridgehead atoms. The first kappa shape index (κ1) is 21.4. The maximum atomic E-state index is 13.5. The first-order valence-electron chi connectivity index (χ1n) is 10.7. The van der Waals surface area contributed by atoms with Crippen LogP contribution in [0.5, 0.6) is 5.75 Å². The van der Waals surface area contributed by atoms with Gasteiger partial charge in [-0.2, -0.15) is 0 Å². The van der Waals surface area contributed by atoms with Crippen LogP contribution in [0.4, 0.5) is 11.4 Å². The number of benzene rings is 3. The highest BCUT2D eigenvalue weighted by Crippen LogP contribution is 2.35. The van der Waals surface area contributed by atoms with Crippen molar-refractivity contribution >= 4 is 28.8 Å². The van der Waals surface area contributed by atoms with Gasteiger partial charge in [-0.1, -0.05) is 49.4 Å². The maximum Gasteiger partial charge on any atom is 0.282 e. The standard InChI is InChI=1S/C27H26N2O3/c1-4-15-32-23-12-8-11-22(17-23)29-26(30)24(20-9-6-5-7-10-20)25(27(29)31)28-21-14-13-18(2)19(3)16-21/h5-14,16-17,28H,4,15H2,1-3H3. The number of hydrogen-bond donors (Lipinski definition) is 1. The minimum Gasteiger partial charge on any atom is -0.494 e. The van der Waals surface area contributed by atoms with E-state index in [1.165, 1.54) is 4.90 Å². The van der Waals surface area contributed by atoms with Crippen LogP contribution in [0.3, 0.4) is 0 Å². The Hall–Kier alpha value is -3.86. The molecule has 162 valence electrons. The van der Waals surface area contributed by atoms with Crippen LogP contribution in [0, 0.1) is 13.8 Å². The summed E-state index contributed by atoms with van der Waals surface area (Å²) >= 11 is 0. The van der Waals surface area contributed by atoms with Gasteiger partial charge in [0.1, 0.15) is 11.4 Å². The van der Waals surface area contributed by atoms with Crippen LogP contribution in [-0.4, -0.2) is 18.4 Å². The summed E-state index contributed by atoms with van der Waals surface area (Å²) in [5, 5.41) is 3.22. The fourth-order valence-electron chi connectivity index (χ4n) is 3.65. The SMILES string of the molecule is CCCOc1cccc(N2C(=O)C(Nc3ccc(C)c(C)c3)=C(c3ccccc3)C2=O)c1. The molecular formula is C27H26N2O3. The lowest BCUT2D eigenvalue weighted by molar-refractivity contribution is -0.120. The molecule has 0 saturated carbocycles. The van der Waals surface area contributed by atoms with Crippen molar-refractivity contribution in [1.29, 1.82) is 0 Å². The molecule has 0 aromatic heterocycles. The van der Waals surface area contributed by atoms with E-state index >= 15 is 0 Å². The number of imide groups is 1. The molecule has 2 amide bonds. The zero-order valence-electron chi connectivity index (χ0n) is 18.5. The van der Waals surface area contributed by atoms with Crippen LogP contribution in [0.25, 0.3) is 5.57 Å². The van der Waals surface area contributed by atoms with E-state index in [4.69, 9.17) is 4.74 Å². The summed E-state index contributed by atoms with van der Waals surface area (Å²) in [7, 11) is 0. The number of aryl methyl sites for hydroxylation is 2. The number of amides is 2. The molecule has 0 spiro atoms. The number of rotatable bonds is 7. The van der Waals surface area contributed by atoms with Gasteiger partial charge in [0.15, 0.2) is 0 Å². The molecule has 0 unspecified atom stereocenters. The van der Waals surface area contributed by atoms with Gasteiger partial charge in [0.25, 0.3) is 11.8 Å². The zero-order chi connectivity index (χ0) is 22.7. The molecule has 3 aromatic rings. The number of hydrogen-bond acceptors (Lipinski definition) is 4. The summed E-state index contributed by atoms with van der Waals surface area (Å²) < 4.78 is 5.71. The lowest BCUT2D eigenvalue weighted by Crippen LogP contribution is -2.32. The molecule has 0 saturated heterocycles. The van der Waals surface area contributed by atoms with Gasteiger partial charge in [-0.05, 0) is 61.2 Å². The lowest BCUT2D eigenvalue weighted by atomic mass is 10.0. The molecule has 1 heterocycles. The zero-order valence-corrected chi connectivity index (χ0v) is 18.5. The Morgan fingerprint density at radius 2 is 1.62 bits per heavy atom. The van der Waals surface area contributed by atoms with Crippen LogP contribution in [0.1, 0.15) is 30.0 Å². The van der Waals surface area contributed by atoms with E-state index in [9.17, 15) is 9.59 Å². The molecule has 1 aliphatic heterocycles. The van der Waals surface area contributed by atoms with Crippen molar-refractivity contribution in [3.63, 3.8) is 0 Å². The third-order valence-corrected chi connectivity index (χ3v) is 5.47. The molecule has 5 nitrogen and oxygen atoms in total. The summed E-state index contributed by atoms with van der Waals surface area (Å²) in [5.41, 5.74) is 4.83. The first-order chi connectivity index (χ1) is 15.5. The van der Waals surface area contributed by atoms with Crippen LogP contribution < -0.4 is 15.0 Å². The van der Waals surface area contributed by atoms with E-state index in [-0.39, 0.29) is 17.5 Å². The van der Waals surface area contributed by atoms with Crippen LogP contribution in [0.2, 0.25) is 0 Å². The second-order valence-electron chi connectivity index (χ2n) is 7.83. The van der Waals surface area contributed by atoms with E-state index in [0.29, 0.717) is 29.2 Å². The molecule has 4 rings (SSSR count). The average molecular weight is 427 g/mol. The van der Waals surface area contributed by atoms with Gasteiger partial charge in [-0.15, -0.1) is 0 Å². The molecular weight excluding hydrogens is 400 g/mol. The monoisotopic (exact) mass is 426 g/mol. The highest BCUT2D eigenvalue weighted by molar-refractivity contribution is 6.46. The van der Waals surface area contributed by atoms with Gasteiger partial charge in [-0.25, -0.2) is 4.90 Å². The summed E-state index contributed by atoms with van der Waals surface area (Å²) in [6, 6.07) is 22.3. The van der Waals surface area contributed by atoms with Crippen molar-refractivity contribution in [2.24, 2.45) is 0 Å². The minimum atomic E-state index is -0.389. The van der Waals surface area contributed by atoms with Gasteiger partial charge < -0.3 is 10.1 Å². The third kappa shape index (κ3) is 4.14. The minimum absolute atomic E-state index is 0.268. The van der Waals surface area contributed by atoms with Crippen molar-refractivity contribution in [3.8, 4) is 5.75 Å². The molecule has 0 radical (unpaired) electrons. The summed E-state index contributed by atoms with van der Waals surface area (Å²) in [6.07, 6.45) is 0.871. The molecule has 0 atom stereocenters. The molecule has 0 fully saturated rings. The van der Waals surface area contributed by atoms with E-state index in [1.807, 2.05) is 75.4 Å². The second-order valence-corrected chi connectivity index (χ2v) is 7.83. The van der Waals surface area contributed by atoms with Crippen molar-refractivity contribution < 1.29 is 14.3 Å². The quantitative estimate of drug-likeness (QED) is 0.508. The van der Waals surface area contributed by atoms with Crippen LogP contribution in [-0.2, 0) is 9.59 Å². The van der Waals surface area contributed by atoms with Gasteiger partial charge >= 0.3 is 0 Å². The number of anilines is 2. The van der Waals surface area contributed by atoms with Crippen molar-refractivity contribution in [2.45, 2.75) is 27.2 Å². The predicted octanol–water partition coefficient (Wildman–Crippen LogP) is 5.49. The smallest absolute Gasteiger partial charge is 0.282 e. The van der Waals surface area contributed by atoms with E-state index in [0.717, 1.165) is 23.2 Å². The highest BCUT2D eigenvalue weighted by atomic mass is 16.5. The fraction of sp³-hybridized carbons (Fsp3) is 0.185. The predicted molar refractivity (Wildman–Crippen MR) is 128 cm³/mol. The Morgan fingerprint density at radius 3 is 2.34 bits per heavy atom. The Bertz CT molecular complexity index is 1200. The fourth-order valence-corrected chi connectivity index (χ4v) is 3.65. The van der Waals surface area contributed by atoms with Gasteiger partial charge in [0, 0.05) is 11.8 Å². The third-order valence-electron chi connectivity index (χ3n) is 5.47. The van der Waals surface area contributed by atoms with Crippen molar-refractivity contribution in [2.75, 3.05) is 16.8 Å². The molecule has 1 N–H and O–H groups in total. The summed E-state index contributed by atoms with van der Waals surface area (Å²) in [4.78, 5) is 28.3. The topological polar surface area (TPSA) is 58.6 Å². The van der Waals surface area contributed by atoms with Gasteiger partial charge in [0.05, 0.1) is 17.9 Å². The van der Waals surface area contributed by atoms with E-state index < -0.39 is 0 Å². The number of carbonyl (C=O) groups is 2. The molecule has 32 heavy (non-hydrogen) atoms. The Morgan fingerprint density at radius 1 is 0.844 bits per heavy atom. The maximum absolute atomic E-state index is 13.5. The normalized spacial score (nSPS) is 13.7. The van der Waals surface area contributed by atoms with E-state index in [1.54, 1.807) is 18.2 Å². The number of ether oxygens (including phenoxy) is 1. The molecule has 0 aliphatic carbocycles. The highest BCUT2D eigenvalue weighted by Gasteiger charge is 2.40. The lowest BCUT2D eigenvalue weighted by Gasteiger charge is -2.17. The largest absolute Gasteiger partial charge is 0.494 e. The molecule has 5 heteroatoms.